The summed E-state index contributed by atoms with van der Waals surface area (Å²) < 4.78 is 16.2. The average molecular weight is 362 g/mol. The number of nitrogens with zero attached hydrogens (tertiary/aromatic N) is 2. The number of benzene rings is 1. The van der Waals surface area contributed by atoms with Gasteiger partial charge in [0.15, 0.2) is 0 Å². The lowest BCUT2D eigenvalue weighted by atomic mass is 10.0. The van der Waals surface area contributed by atoms with Crippen LogP contribution in [0, 0.1) is 12.7 Å². The molecule has 2 rings (SSSR count). The van der Waals surface area contributed by atoms with Crippen molar-refractivity contribution in [3.63, 3.8) is 0 Å². The molecule has 108 valence electrons. The Bertz CT molecular complexity index is 629. The number of hydrogen-bond donors (Lipinski definition) is 2. The maximum atomic E-state index is 14.1. The number of rotatable bonds is 4. The van der Waals surface area contributed by atoms with Crippen LogP contribution >= 0.6 is 27.5 Å². The van der Waals surface area contributed by atoms with E-state index in [0.29, 0.717) is 21.5 Å². The van der Waals surface area contributed by atoms with Gasteiger partial charge in [-0.2, -0.15) is 5.10 Å². The monoisotopic (exact) mass is 360 g/mol. The van der Waals surface area contributed by atoms with Crippen molar-refractivity contribution in [2.24, 2.45) is 12.9 Å². The van der Waals surface area contributed by atoms with Crippen LogP contribution in [0.25, 0.3) is 0 Å². The third kappa shape index (κ3) is 2.88. The van der Waals surface area contributed by atoms with Gasteiger partial charge in [0.1, 0.15) is 5.82 Å². The van der Waals surface area contributed by atoms with E-state index in [0.717, 1.165) is 11.4 Å². The number of nitrogens with two attached hydrogens (primary N) is 1. The van der Waals surface area contributed by atoms with Crippen LogP contribution in [0.2, 0.25) is 5.02 Å². The Morgan fingerprint density at radius 3 is 2.80 bits per heavy atom. The van der Waals surface area contributed by atoms with Crippen LogP contribution in [-0.2, 0) is 13.5 Å². The van der Waals surface area contributed by atoms with Crippen LogP contribution in [0.5, 0.6) is 0 Å². The number of hydrogen-bond acceptors (Lipinski definition) is 3. The Labute approximate surface area is 130 Å². The summed E-state index contributed by atoms with van der Waals surface area (Å²) in [6, 6.07) is 4.72. The van der Waals surface area contributed by atoms with Crippen molar-refractivity contribution in [1.29, 1.82) is 0 Å². The Balaban J connectivity index is 2.36. The predicted molar refractivity (Wildman–Crippen MR) is 80.8 cm³/mol. The Morgan fingerprint density at radius 1 is 1.55 bits per heavy atom. The molecule has 1 heterocycles. The molecule has 1 unspecified atom stereocenters. The summed E-state index contributed by atoms with van der Waals surface area (Å²) in [7, 11) is 1.80. The first-order valence-electron chi connectivity index (χ1n) is 6.03. The molecule has 0 aliphatic rings. The third-order valence-electron chi connectivity index (χ3n) is 3.22. The Morgan fingerprint density at radius 2 is 2.25 bits per heavy atom. The quantitative estimate of drug-likeness (QED) is 0.650. The maximum absolute atomic E-state index is 14.1. The van der Waals surface area contributed by atoms with Gasteiger partial charge in [-0.05, 0) is 28.9 Å². The van der Waals surface area contributed by atoms with Crippen LogP contribution in [0.4, 0.5) is 4.39 Å². The number of hydrazine groups is 1. The standard InChI is InChI=1S/C13H15BrClFN4/c1-7-12(15)11(20(2)19-7)6-10(18-17)8-4-3-5-9(14)13(8)16/h3-5,10,18H,6,17H2,1-2H3. The minimum Gasteiger partial charge on any atom is -0.271 e. The molecule has 4 nitrogen and oxygen atoms in total. The molecule has 0 aliphatic carbocycles. The third-order valence-corrected chi connectivity index (χ3v) is 4.32. The van der Waals surface area contributed by atoms with Crippen molar-refractivity contribution in [3.8, 4) is 0 Å². The first-order valence-corrected chi connectivity index (χ1v) is 7.20. The number of halogens is 3. The molecule has 0 saturated heterocycles. The van der Waals surface area contributed by atoms with Gasteiger partial charge in [0.2, 0.25) is 0 Å². The molecule has 0 radical (unpaired) electrons. The van der Waals surface area contributed by atoms with Gasteiger partial charge in [0, 0.05) is 19.0 Å². The van der Waals surface area contributed by atoms with Gasteiger partial charge in [-0.25, -0.2) is 4.39 Å². The van der Waals surface area contributed by atoms with Gasteiger partial charge in [0.25, 0.3) is 0 Å². The molecular weight excluding hydrogens is 347 g/mol. The van der Waals surface area contributed by atoms with E-state index in [2.05, 4.69) is 26.5 Å². The molecule has 0 amide bonds. The summed E-state index contributed by atoms with van der Waals surface area (Å²) in [6.45, 7) is 1.83. The first kappa shape index (κ1) is 15.4. The number of nitrogens with one attached hydrogen (secondary N) is 1. The van der Waals surface area contributed by atoms with Gasteiger partial charge in [-0.15, -0.1) is 0 Å². The molecule has 0 spiro atoms. The summed E-state index contributed by atoms with van der Waals surface area (Å²) >= 11 is 9.39. The van der Waals surface area contributed by atoms with Crippen LogP contribution < -0.4 is 11.3 Å². The van der Waals surface area contributed by atoms with Crippen molar-refractivity contribution in [2.45, 2.75) is 19.4 Å². The lowest BCUT2D eigenvalue weighted by Crippen LogP contribution is -2.31. The fourth-order valence-corrected chi connectivity index (χ4v) is 2.76. The second-order valence-corrected chi connectivity index (χ2v) is 5.77. The van der Waals surface area contributed by atoms with E-state index in [1.807, 2.05) is 6.92 Å². The van der Waals surface area contributed by atoms with E-state index in [1.54, 1.807) is 29.9 Å². The summed E-state index contributed by atoms with van der Waals surface area (Å²) in [5.41, 5.74) is 4.68. The highest BCUT2D eigenvalue weighted by molar-refractivity contribution is 9.10. The fourth-order valence-electron chi connectivity index (χ4n) is 2.14. The highest BCUT2D eigenvalue weighted by Gasteiger charge is 2.21. The predicted octanol–water partition coefficient (Wildman–Crippen LogP) is 3.03. The van der Waals surface area contributed by atoms with Crippen molar-refractivity contribution in [2.75, 3.05) is 0 Å². The molecule has 0 saturated carbocycles. The van der Waals surface area contributed by atoms with Crippen LogP contribution in [0.1, 0.15) is 23.0 Å². The van der Waals surface area contributed by atoms with Crippen LogP contribution in [-0.4, -0.2) is 9.78 Å². The smallest absolute Gasteiger partial charge is 0.142 e. The first-order chi connectivity index (χ1) is 9.45. The summed E-state index contributed by atoms with van der Waals surface area (Å²) in [4.78, 5) is 0. The van der Waals surface area contributed by atoms with E-state index in [-0.39, 0.29) is 11.9 Å². The topological polar surface area (TPSA) is 55.9 Å². The molecule has 3 N–H and O–H groups in total. The molecule has 1 aromatic heterocycles. The highest BCUT2D eigenvalue weighted by Crippen LogP contribution is 2.28. The zero-order valence-electron chi connectivity index (χ0n) is 11.1. The molecule has 0 bridgehead atoms. The molecular formula is C13H15BrClFN4. The second-order valence-electron chi connectivity index (χ2n) is 4.54. The zero-order valence-corrected chi connectivity index (χ0v) is 13.5. The fraction of sp³-hybridized carbons (Fsp3) is 0.308. The molecule has 1 aromatic carbocycles. The zero-order chi connectivity index (χ0) is 14.9. The normalized spacial score (nSPS) is 12.7. The van der Waals surface area contributed by atoms with Crippen LogP contribution in [0.15, 0.2) is 22.7 Å². The highest BCUT2D eigenvalue weighted by atomic mass is 79.9. The van der Waals surface area contributed by atoms with Crippen molar-refractivity contribution in [1.82, 2.24) is 15.2 Å². The van der Waals surface area contributed by atoms with E-state index in [9.17, 15) is 4.39 Å². The Kier molecular flexibility index (Phi) is 4.80. The van der Waals surface area contributed by atoms with E-state index >= 15 is 0 Å². The van der Waals surface area contributed by atoms with Crippen molar-refractivity contribution >= 4 is 27.5 Å². The van der Waals surface area contributed by atoms with Gasteiger partial charge in [-0.1, -0.05) is 23.7 Å². The van der Waals surface area contributed by atoms with Gasteiger partial charge in [0.05, 0.1) is 26.9 Å². The lowest BCUT2D eigenvalue weighted by Gasteiger charge is -2.18. The minimum absolute atomic E-state index is 0.328. The van der Waals surface area contributed by atoms with E-state index < -0.39 is 0 Å². The SMILES string of the molecule is Cc1nn(C)c(CC(NN)c2cccc(Br)c2F)c1Cl. The number of aryl methyl sites for hydroxylation is 2. The number of aromatic nitrogens is 2. The molecule has 0 fully saturated rings. The summed E-state index contributed by atoms with van der Waals surface area (Å²) in [5, 5.41) is 4.83. The minimum atomic E-state index is -0.389. The van der Waals surface area contributed by atoms with Gasteiger partial charge in [-0.3, -0.25) is 16.0 Å². The summed E-state index contributed by atoms with van der Waals surface area (Å²) in [5.74, 6) is 5.25. The van der Waals surface area contributed by atoms with Crippen molar-refractivity contribution in [3.05, 3.63) is 50.5 Å². The maximum Gasteiger partial charge on any atom is 0.142 e. The average Bonchev–Trinajstić information content (AvgIpc) is 2.65. The molecule has 2 aromatic rings. The van der Waals surface area contributed by atoms with Gasteiger partial charge >= 0.3 is 0 Å². The molecule has 7 heteroatoms. The molecule has 20 heavy (non-hydrogen) atoms. The van der Waals surface area contributed by atoms with Gasteiger partial charge < -0.3 is 0 Å². The molecule has 1 atom stereocenters. The van der Waals surface area contributed by atoms with E-state index in [4.69, 9.17) is 17.4 Å². The van der Waals surface area contributed by atoms with E-state index in [1.165, 1.54) is 0 Å². The Hall–Kier alpha value is -0.950. The molecule has 0 aliphatic heterocycles. The van der Waals surface area contributed by atoms with Crippen molar-refractivity contribution < 1.29 is 4.39 Å². The second kappa shape index (κ2) is 6.22. The van der Waals surface area contributed by atoms with Crippen LogP contribution in [0.3, 0.4) is 0 Å². The lowest BCUT2D eigenvalue weighted by molar-refractivity contribution is 0.495. The summed E-state index contributed by atoms with van der Waals surface area (Å²) in [6.07, 6.45) is 0.444. The largest absolute Gasteiger partial charge is 0.271 e.